The Balaban J connectivity index is 2.41. The van der Waals surface area contributed by atoms with E-state index in [1.807, 2.05) is 18.5 Å². The van der Waals surface area contributed by atoms with Crippen molar-refractivity contribution in [1.82, 2.24) is 25.4 Å². The Morgan fingerprint density at radius 2 is 1.92 bits per heavy atom. The number of aryl methyl sites for hydroxylation is 1. The molecule has 0 unspecified atom stereocenters. The summed E-state index contributed by atoms with van der Waals surface area (Å²) in [5, 5.41) is 14.9. The normalized spacial score (nSPS) is 12.0. The lowest BCUT2D eigenvalue weighted by Crippen LogP contribution is -2.38. The van der Waals surface area contributed by atoms with Crippen molar-refractivity contribution in [3.63, 3.8) is 0 Å². The Hall–Kier alpha value is -1.63. The molecule has 0 aliphatic heterocycles. The number of hydrogen-bond acceptors (Lipinski definition) is 4. The molecule has 1 aromatic heterocycles. The summed E-state index contributed by atoms with van der Waals surface area (Å²) in [6, 6.07) is 0. The molecule has 0 aliphatic rings. The van der Waals surface area contributed by atoms with Crippen molar-refractivity contribution in [2.75, 3.05) is 26.3 Å². The molecule has 0 spiro atoms. The van der Waals surface area contributed by atoms with Gasteiger partial charge in [0.15, 0.2) is 11.8 Å². The van der Waals surface area contributed by atoms with Crippen LogP contribution in [0, 0.1) is 12.8 Å². The fourth-order valence-corrected chi connectivity index (χ4v) is 2.00. The van der Waals surface area contributed by atoms with Crippen LogP contribution in [0.5, 0.6) is 0 Å². The molecule has 0 aromatic carbocycles. The van der Waals surface area contributed by atoms with Crippen molar-refractivity contribution in [2.24, 2.45) is 18.0 Å². The number of aromatic nitrogens is 3. The molecular formula is C17H34N6O. The molecule has 0 saturated heterocycles. The van der Waals surface area contributed by atoms with Crippen LogP contribution in [-0.4, -0.2) is 47.0 Å². The first-order valence-corrected chi connectivity index (χ1v) is 8.99. The minimum atomic E-state index is 0.517. The molecule has 1 heterocycles. The highest BCUT2D eigenvalue weighted by atomic mass is 16.5. The molecule has 24 heavy (non-hydrogen) atoms. The van der Waals surface area contributed by atoms with Gasteiger partial charge < -0.3 is 19.9 Å². The van der Waals surface area contributed by atoms with Gasteiger partial charge in [-0.25, -0.2) is 4.99 Å². The second kappa shape index (κ2) is 11.8. The lowest BCUT2D eigenvalue weighted by molar-refractivity contribution is 0.108. The highest BCUT2D eigenvalue weighted by Gasteiger charge is 2.05. The Kier molecular flexibility index (Phi) is 10.1. The quantitative estimate of drug-likeness (QED) is 0.367. The molecule has 2 N–H and O–H groups in total. The van der Waals surface area contributed by atoms with Gasteiger partial charge >= 0.3 is 0 Å². The summed E-state index contributed by atoms with van der Waals surface area (Å²) in [5.74, 6) is 3.17. The minimum Gasteiger partial charge on any atom is -0.381 e. The predicted octanol–water partition coefficient (Wildman–Crippen LogP) is 2.02. The average molecular weight is 339 g/mol. The van der Waals surface area contributed by atoms with E-state index in [0.29, 0.717) is 12.5 Å². The second-order valence-corrected chi connectivity index (χ2v) is 6.42. The van der Waals surface area contributed by atoms with Gasteiger partial charge in [0, 0.05) is 33.4 Å². The number of aliphatic imine (C=N–C) groups is 1. The molecule has 0 fully saturated rings. The molecule has 0 amide bonds. The molecule has 7 heteroatoms. The van der Waals surface area contributed by atoms with E-state index in [9.17, 15) is 0 Å². The van der Waals surface area contributed by atoms with Crippen molar-refractivity contribution >= 4 is 5.96 Å². The SMILES string of the molecule is CCCCNC(=NCc1nnc(C)n1C)NCCCOCC(C)C. The number of unbranched alkanes of at least 4 members (excludes halogenated alkanes) is 1. The Morgan fingerprint density at radius 1 is 1.21 bits per heavy atom. The van der Waals surface area contributed by atoms with Gasteiger partial charge in [0.25, 0.3) is 0 Å². The summed E-state index contributed by atoms with van der Waals surface area (Å²) >= 11 is 0. The third kappa shape index (κ3) is 8.29. The molecule has 138 valence electrons. The Morgan fingerprint density at radius 3 is 2.50 bits per heavy atom. The summed E-state index contributed by atoms with van der Waals surface area (Å²) in [6.07, 6.45) is 3.25. The van der Waals surface area contributed by atoms with Crippen LogP contribution in [0.2, 0.25) is 0 Å². The van der Waals surface area contributed by atoms with Crippen LogP contribution in [0.3, 0.4) is 0 Å². The third-order valence-corrected chi connectivity index (χ3v) is 3.59. The van der Waals surface area contributed by atoms with Crippen LogP contribution in [-0.2, 0) is 18.3 Å². The zero-order valence-electron chi connectivity index (χ0n) is 15.9. The molecular weight excluding hydrogens is 304 g/mol. The maximum Gasteiger partial charge on any atom is 0.191 e. The smallest absolute Gasteiger partial charge is 0.191 e. The molecule has 0 radical (unpaired) electrons. The number of rotatable bonds is 11. The van der Waals surface area contributed by atoms with Crippen LogP contribution in [0.4, 0.5) is 0 Å². The van der Waals surface area contributed by atoms with E-state index < -0.39 is 0 Å². The van der Waals surface area contributed by atoms with Crippen LogP contribution in [0.1, 0.15) is 51.7 Å². The Labute approximate surface area is 146 Å². The number of guanidine groups is 1. The first-order valence-electron chi connectivity index (χ1n) is 8.99. The topological polar surface area (TPSA) is 76.4 Å². The van der Waals surface area contributed by atoms with E-state index in [2.05, 4.69) is 46.6 Å². The van der Waals surface area contributed by atoms with Crippen LogP contribution < -0.4 is 10.6 Å². The summed E-state index contributed by atoms with van der Waals surface area (Å²) in [5.41, 5.74) is 0. The summed E-state index contributed by atoms with van der Waals surface area (Å²) in [6.45, 7) is 12.3. The van der Waals surface area contributed by atoms with Crippen LogP contribution in [0.15, 0.2) is 4.99 Å². The fourth-order valence-electron chi connectivity index (χ4n) is 2.00. The van der Waals surface area contributed by atoms with Gasteiger partial charge in [-0.1, -0.05) is 27.2 Å². The van der Waals surface area contributed by atoms with E-state index in [4.69, 9.17) is 4.74 Å². The summed E-state index contributed by atoms with van der Waals surface area (Å²) in [7, 11) is 1.96. The lowest BCUT2D eigenvalue weighted by atomic mass is 10.2. The van der Waals surface area contributed by atoms with Crippen molar-refractivity contribution in [2.45, 2.75) is 53.5 Å². The Bertz CT molecular complexity index is 483. The lowest BCUT2D eigenvalue weighted by Gasteiger charge is -2.13. The first kappa shape index (κ1) is 20.4. The largest absolute Gasteiger partial charge is 0.381 e. The average Bonchev–Trinajstić information content (AvgIpc) is 2.86. The molecule has 1 rings (SSSR count). The first-order chi connectivity index (χ1) is 11.5. The van der Waals surface area contributed by atoms with Crippen molar-refractivity contribution in [3.8, 4) is 0 Å². The summed E-state index contributed by atoms with van der Waals surface area (Å²) < 4.78 is 7.57. The van der Waals surface area contributed by atoms with Gasteiger partial charge in [-0.05, 0) is 25.7 Å². The fraction of sp³-hybridized carbons (Fsp3) is 0.824. The van der Waals surface area contributed by atoms with Gasteiger partial charge in [0.1, 0.15) is 12.4 Å². The molecule has 0 aliphatic carbocycles. The second-order valence-electron chi connectivity index (χ2n) is 6.42. The van der Waals surface area contributed by atoms with Gasteiger partial charge in [0.2, 0.25) is 0 Å². The van der Waals surface area contributed by atoms with Crippen LogP contribution >= 0.6 is 0 Å². The van der Waals surface area contributed by atoms with Gasteiger partial charge in [0.05, 0.1) is 0 Å². The number of nitrogens with zero attached hydrogens (tertiary/aromatic N) is 4. The number of ether oxygens (including phenoxy) is 1. The maximum absolute atomic E-state index is 5.60. The van der Waals surface area contributed by atoms with E-state index >= 15 is 0 Å². The molecule has 0 atom stereocenters. The highest BCUT2D eigenvalue weighted by molar-refractivity contribution is 5.79. The zero-order valence-corrected chi connectivity index (χ0v) is 15.9. The summed E-state index contributed by atoms with van der Waals surface area (Å²) in [4.78, 5) is 4.62. The van der Waals surface area contributed by atoms with E-state index in [1.165, 1.54) is 0 Å². The highest BCUT2D eigenvalue weighted by Crippen LogP contribution is 1.99. The molecule has 1 aromatic rings. The maximum atomic E-state index is 5.60. The van der Waals surface area contributed by atoms with E-state index in [0.717, 1.165) is 63.2 Å². The van der Waals surface area contributed by atoms with Crippen molar-refractivity contribution < 1.29 is 4.74 Å². The third-order valence-electron chi connectivity index (χ3n) is 3.59. The zero-order chi connectivity index (χ0) is 17.8. The standard InChI is InChI=1S/C17H34N6O/c1-6-7-9-18-17(19-10-8-11-24-13-14(2)3)20-12-16-22-21-15(4)23(16)5/h14H,6-13H2,1-5H3,(H2,18,19,20). The monoisotopic (exact) mass is 338 g/mol. The van der Waals surface area contributed by atoms with E-state index in [1.54, 1.807) is 0 Å². The minimum absolute atomic E-state index is 0.517. The van der Waals surface area contributed by atoms with E-state index in [-0.39, 0.29) is 0 Å². The predicted molar refractivity (Wildman–Crippen MR) is 98.1 cm³/mol. The number of hydrogen-bond donors (Lipinski definition) is 2. The van der Waals surface area contributed by atoms with Crippen molar-refractivity contribution in [3.05, 3.63) is 11.6 Å². The van der Waals surface area contributed by atoms with Gasteiger partial charge in [-0.3, -0.25) is 0 Å². The molecule has 7 nitrogen and oxygen atoms in total. The molecule has 0 saturated carbocycles. The van der Waals surface area contributed by atoms with Crippen LogP contribution in [0.25, 0.3) is 0 Å². The van der Waals surface area contributed by atoms with Gasteiger partial charge in [-0.2, -0.15) is 0 Å². The van der Waals surface area contributed by atoms with Crippen molar-refractivity contribution in [1.29, 1.82) is 0 Å². The number of nitrogens with one attached hydrogen (secondary N) is 2. The van der Waals surface area contributed by atoms with Gasteiger partial charge in [-0.15, -0.1) is 10.2 Å². The molecule has 0 bridgehead atoms.